The third-order valence-corrected chi connectivity index (χ3v) is 6.07. The van der Waals surface area contributed by atoms with Crippen LogP contribution in [0.2, 0.25) is 0 Å². The summed E-state index contributed by atoms with van der Waals surface area (Å²) in [7, 11) is 0. The number of piperidine rings is 1. The third-order valence-electron chi connectivity index (χ3n) is 5.71. The van der Waals surface area contributed by atoms with Crippen molar-refractivity contribution in [3.05, 3.63) is 34.4 Å². The van der Waals surface area contributed by atoms with Crippen LogP contribution in [-0.4, -0.2) is 71.6 Å². The van der Waals surface area contributed by atoms with Gasteiger partial charge in [0.1, 0.15) is 0 Å². The predicted octanol–water partition coefficient (Wildman–Crippen LogP) is 0.997. The number of piperazine rings is 1. The van der Waals surface area contributed by atoms with E-state index in [2.05, 4.69) is 24.1 Å². The molecule has 2 aliphatic rings. The Bertz CT molecular complexity index is 739. The van der Waals surface area contributed by atoms with E-state index in [1.54, 1.807) is 12.1 Å². The van der Waals surface area contributed by atoms with Gasteiger partial charge in [-0.25, -0.2) is 0 Å². The van der Waals surface area contributed by atoms with Gasteiger partial charge in [-0.3, -0.25) is 14.9 Å². The lowest BCUT2D eigenvalue weighted by Gasteiger charge is -2.37. The molecule has 2 heterocycles. The number of nitrogens with one attached hydrogen (secondary N) is 2. The van der Waals surface area contributed by atoms with Crippen LogP contribution in [0, 0.1) is 22.0 Å². The molecule has 2 aliphatic heterocycles. The predicted molar refractivity (Wildman–Crippen MR) is 116 cm³/mol. The first kappa shape index (κ1) is 21.4. The number of nitrogens with zero attached hydrogens (tertiary/aromatic N) is 3. The van der Waals surface area contributed by atoms with Crippen molar-refractivity contribution in [2.24, 2.45) is 11.8 Å². The summed E-state index contributed by atoms with van der Waals surface area (Å²) in [5.41, 5.74) is 0.791. The molecule has 2 N–H and O–H groups in total. The first-order chi connectivity index (χ1) is 13.8. The summed E-state index contributed by atoms with van der Waals surface area (Å²) in [5.74, 6) is 1.42. The number of likely N-dealkylation sites (tertiary alicyclic amines) is 1. The molecule has 0 unspecified atom stereocenters. The van der Waals surface area contributed by atoms with E-state index in [0.29, 0.717) is 23.5 Å². The Balaban J connectivity index is 1.44. The third kappa shape index (κ3) is 5.86. The molecular weight excluding hydrogens is 390 g/mol. The van der Waals surface area contributed by atoms with Crippen LogP contribution in [0.4, 0.5) is 11.4 Å². The zero-order valence-electron chi connectivity index (χ0n) is 17.1. The molecule has 0 aromatic heterocycles. The van der Waals surface area contributed by atoms with E-state index in [1.807, 2.05) is 4.90 Å². The van der Waals surface area contributed by atoms with E-state index in [9.17, 15) is 14.9 Å². The lowest BCUT2D eigenvalue weighted by Crippen LogP contribution is -3.15. The molecule has 2 fully saturated rings. The van der Waals surface area contributed by atoms with Crippen molar-refractivity contribution in [3.8, 4) is 0 Å². The van der Waals surface area contributed by atoms with E-state index < -0.39 is 4.92 Å². The molecule has 0 bridgehead atoms. The van der Waals surface area contributed by atoms with Gasteiger partial charge in [-0.1, -0.05) is 13.8 Å². The van der Waals surface area contributed by atoms with E-state index in [1.165, 1.54) is 23.5 Å². The van der Waals surface area contributed by atoms with E-state index >= 15 is 0 Å². The largest absolute Gasteiger partial charge is 0.338 e. The summed E-state index contributed by atoms with van der Waals surface area (Å²) in [6.45, 7) is 10.1. The summed E-state index contributed by atoms with van der Waals surface area (Å²) in [4.78, 5) is 28.5. The second kappa shape index (κ2) is 9.49. The molecule has 0 aliphatic carbocycles. The number of hydrogen-bond acceptors (Lipinski definition) is 4. The van der Waals surface area contributed by atoms with Crippen LogP contribution in [-0.2, 0) is 4.79 Å². The fourth-order valence-electron chi connectivity index (χ4n) is 4.26. The first-order valence-electron chi connectivity index (χ1n) is 10.2. The molecular formula is C20H30N5O3S+. The number of carbonyl (C=O) groups is 1. The molecule has 29 heavy (non-hydrogen) atoms. The number of carbonyl (C=O) groups excluding carboxylic acids is 1. The van der Waals surface area contributed by atoms with Gasteiger partial charge in [0.05, 0.1) is 31.1 Å². The van der Waals surface area contributed by atoms with Crippen molar-refractivity contribution in [3.63, 3.8) is 0 Å². The van der Waals surface area contributed by atoms with Gasteiger partial charge in [0.2, 0.25) is 0 Å². The second-order valence-corrected chi connectivity index (χ2v) is 8.78. The topological polar surface area (TPSA) is 83.2 Å². The maximum absolute atomic E-state index is 12.7. The molecule has 2 atom stereocenters. The lowest BCUT2D eigenvalue weighted by molar-refractivity contribution is -0.896. The Morgan fingerprint density at radius 1 is 1.17 bits per heavy atom. The highest BCUT2D eigenvalue weighted by Gasteiger charge is 2.29. The molecule has 1 aromatic rings. The van der Waals surface area contributed by atoms with Crippen molar-refractivity contribution >= 4 is 34.6 Å². The molecule has 3 rings (SSSR count). The molecule has 0 spiro atoms. The van der Waals surface area contributed by atoms with E-state index in [0.717, 1.165) is 45.0 Å². The van der Waals surface area contributed by atoms with Crippen LogP contribution in [0.5, 0.6) is 0 Å². The van der Waals surface area contributed by atoms with Crippen LogP contribution in [0.25, 0.3) is 0 Å². The number of non-ortho nitro benzene ring substituents is 1. The summed E-state index contributed by atoms with van der Waals surface area (Å²) in [6.07, 6.45) is 1.20. The van der Waals surface area contributed by atoms with E-state index in [-0.39, 0.29) is 11.6 Å². The lowest BCUT2D eigenvalue weighted by atomic mass is 9.92. The van der Waals surface area contributed by atoms with Gasteiger partial charge in [-0.2, -0.15) is 0 Å². The second-order valence-electron chi connectivity index (χ2n) is 8.39. The fraction of sp³-hybridized carbons (Fsp3) is 0.600. The number of nitro groups is 1. The molecule has 0 saturated carbocycles. The van der Waals surface area contributed by atoms with Crippen LogP contribution in [0.15, 0.2) is 24.3 Å². The summed E-state index contributed by atoms with van der Waals surface area (Å²) in [5, 5.41) is 14.5. The maximum atomic E-state index is 12.7. The highest BCUT2D eigenvalue weighted by Crippen LogP contribution is 2.20. The minimum Gasteiger partial charge on any atom is -0.338 e. The standard InChI is InChI=1S/C20H29N5O3S/c1-15-11-16(2)13-24(12-15)19(26)14-22-7-9-23(10-8-22)20(29)21-17-3-5-18(6-4-17)25(27)28/h3-6,15-16H,7-14H2,1-2H3,(H,21,29)/p+1/t15-,16+. The zero-order valence-corrected chi connectivity index (χ0v) is 17.9. The van der Waals surface area contributed by atoms with Crippen LogP contribution in [0.3, 0.4) is 0 Å². The molecule has 1 aromatic carbocycles. The number of hydrogen-bond donors (Lipinski definition) is 2. The van der Waals surface area contributed by atoms with Crippen LogP contribution >= 0.6 is 12.2 Å². The minimum atomic E-state index is -0.420. The molecule has 2 saturated heterocycles. The average Bonchev–Trinajstić information content (AvgIpc) is 2.68. The monoisotopic (exact) mass is 420 g/mol. The van der Waals surface area contributed by atoms with Gasteiger partial charge >= 0.3 is 0 Å². The summed E-state index contributed by atoms with van der Waals surface area (Å²) in [6, 6.07) is 6.23. The Kier molecular flexibility index (Phi) is 7.02. The maximum Gasteiger partial charge on any atom is 0.277 e. The Morgan fingerprint density at radius 3 is 2.31 bits per heavy atom. The van der Waals surface area contributed by atoms with Gasteiger partial charge < -0.3 is 20.0 Å². The molecule has 8 nitrogen and oxygen atoms in total. The molecule has 0 radical (unpaired) electrons. The van der Waals surface area contributed by atoms with E-state index in [4.69, 9.17) is 12.2 Å². The summed E-state index contributed by atoms with van der Waals surface area (Å²) >= 11 is 5.49. The van der Waals surface area contributed by atoms with Gasteiger partial charge in [-0.15, -0.1) is 0 Å². The number of benzene rings is 1. The van der Waals surface area contributed by atoms with Crippen molar-refractivity contribution in [2.45, 2.75) is 20.3 Å². The number of nitro benzene ring substituents is 1. The molecule has 158 valence electrons. The quantitative estimate of drug-likeness (QED) is 0.430. The SMILES string of the molecule is C[C@@H]1C[C@H](C)CN(C(=O)C[NH+]2CCN(C(=S)Nc3ccc([N+](=O)[O-])cc3)CC2)C1. The van der Waals surface area contributed by atoms with Crippen molar-refractivity contribution in [1.29, 1.82) is 0 Å². The summed E-state index contributed by atoms with van der Waals surface area (Å²) < 4.78 is 0. The van der Waals surface area contributed by atoms with Gasteiger partial charge in [0.15, 0.2) is 11.7 Å². The number of amides is 1. The number of quaternary nitrogens is 1. The van der Waals surface area contributed by atoms with Crippen molar-refractivity contribution in [1.82, 2.24) is 9.80 Å². The van der Waals surface area contributed by atoms with Gasteiger partial charge in [0.25, 0.3) is 11.6 Å². The molecule has 1 amide bonds. The average molecular weight is 421 g/mol. The van der Waals surface area contributed by atoms with Crippen LogP contribution < -0.4 is 10.2 Å². The number of anilines is 1. The zero-order chi connectivity index (χ0) is 21.0. The Hall–Kier alpha value is -2.26. The van der Waals surface area contributed by atoms with Crippen molar-refractivity contribution in [2.75, 3.05) is 51.1 Å². The highest BCUT2D eigenvalue weighted by atomic mass is 32.1. The number of rotatable bonds is 4. The normalized spacial score (nSPS) is 23.0. The van der Waals surface area contributed by atoms with Crippen LogP contribution in [0.1, 0.15) is 20.3 Å². The number of thiocarbonyl (C=S) groups is 1. The highest BCUT2D eigenvalue weighted by molar-refractivity contribution is 7.80. The van der Waals surface area contributed by atoms with Gasteiger partial charge in [-0.05, 0) is 42.6 Å². The first-order valence-corrected chi connectivity index (χ1v) is 10.6. The Morgan fingerprint density at radius 2 is 1.76 bits per heavy atom. The fourth-order valence-corrected chi connectivity index (χ4v) is 4.56. The Labute approximate surface area is 177 Å². The van der Waals surface area contributed by atoms with Gasteiger partial charge in [0, 0.05) is 30.9 Å². The molecule has 9 heteroatoms. The minimum absolute atomic E-state index is 0.0563. The van der Waals surface area contributed by atoms with Crippen molar-refractivity contribution < 1.29 is 14.6 Å². The smallest absolute Gasteiger partial charge is 0.277 e.